The van der Waals surface area contributed by atoms with Crippen molar-refractivity contribution in [3.63, 3.8) is 0 Å². The largest absolute Gasteiger partial charge is 0.387 e. The van der Waals surface area contributed by atoms with Gasteiger partial charge in [-0.3, -0.25) is 5.41 Å². The first kappa shape index (κ1) is 11.9. The van der Waals surface area contributed by atoms with Crippen molar-refractivity contribution in [1.29, 1.82) is 5.41 Å². The summed E-state index contributed by atoms with van der Waals surface area (Å²) in [5, 5.41) is 8.14. The first-order chi connectivity index (χ1) is 6.59. The van der Waals surface area contributed by atoms with E-state index in [0.717, 1.165) is 16.9 Å². The summed E-state index contributed by atoms with van der Waals surface area (Å²) in [6.45, 7) is 4.39. The molecule has 3 atom stereocenters. The van der Waals surface area contributed by atoms with Gasteiger partial charge in [-0.1, -0.05) is 26.7 Å². The molecular formula is C11H22N2S. The number of nitrogens with two attached hydrogens (primary N) is 1. The van der Waals surface area contributed by atoms with Crippen molar-refractivity contribution in [2.24, 2.45) is 17.6 Å². The molecule has 3 N–H and O–H groups in total. The quantitative estimate of drug-likeness (QED) is 0.558. The van der Waals surface area contributed by atoms with Crippen LogP contribution in [0.15, 0.2) is 0 Å². The van der Waals surface area contributed by atoms with Gasteiger partial charge in [0.2, 0.25) is 0 Å². The van der Waals surface area contributed by atoms with Gasteiger partial charge in [-0.05, 0) is 18.8 Å². The third-order valence-corrected chi connectivity index (χ3v) is 4.59. The highest BCUT2D eigenvalue weighted by atomic mass is 32.2. The Bertz CT molecular complexity index is 194. The van der Waals surface area contributed by atoms with Gasteiger partial charge < -0.3 is 5.73 Å². The molecule has 14 heavy (non-hydrogen) atoms. The van der Waals surface area contributed by atoms with Crippen LogP contribution in [0.2, 0.25) is 0 Å². The molecule has 2 nitrogen and oxygen atoms in total. The van der Waals surface area contributed by atoms with Crippen LogP contribution in [0.5, 0.6) is 0 Å². The molecule has 0 aromatic carbocycles. The zero-order valence-corrected chi connectivity index (χ0v) is 10.1. The molecular weight excluding hydrogens is 192 g/mol. The summed E-state index contributed by atoms with van der Waals surface area (Å²) in [5.41, 5.74) is 5.45. The number of nitrogens with one attached hydrogen (secondary N) is 1. The van der Waals surface area contributed by atoms with E-state index in [1.165, 1.54) is 25.7 Å². The first-order valence-electron chi connectivity index (χ1n) is 5.55. The second kappa shape index (κ2) is 5.64. The Kier molecular flexibility index (Phi) is 4.79. The third kappa shape index (κ3) is 3.91. The van der Waals surface area contributed by atoms with Crippen molar-refractivity contribution >= 4 is 17.6 Å². The van der Waals surface area contributed by atoms with Crippen LogP contribution in [-0.4, -0.2) is 16.8 Å². The average molecular weight is 214 g/mol. The highest BCUT2D eigenvalue weighted by molar-refractivity contribution is 7.99. The van der Waals surface area contributed by atoms with Gasteiger partial charge in [-0.2, -0.15) is 11.8 Å². The molecule has 0 amide bonds. The molecule has 0 heterocycles. The summed E-state index contributed by atoms with van der Waals surface area (Å²) in [6.07, 6.45) is 5.50. The summed E-state index contributed by atoms with van der Waals surface area (Å²) >= 11 is 2.02. The molecule has 0 aromatic heterocycles. The fourth-order valence-electron chi connectivity index (χ4n) is 1.90. The van der Waals surface area contributed by atoms with E-state index >= 15 is 0 Å². The number of thioether (sulfide) groups is 1. The van der Waals surface area contributed by atoms with E-state index < -0.39 is 0 Å². The minimum absolute atomic E-state index is 0.247. The number of hydrogen-bond acceptors (Lipinski definition) is 2. The van der Waals surface area contributed by atoms with Crippen LogP contribution in [0.3, 0.4) is 0 Å². The Balaban J connectivity index is 2.20. The maximum atomic E-state index is 7.32. The molecule has 1 saturated carbocycles. The van der Waals surface area contributed by atoms with E-state index in [9.17, 15) is 0 Å². The molecule has 1 fully saturated rings. The van der Waals surface area contributed by atoms with E-state index in [-0.39, 0.29) is 5.92 Å². The van der Waals surface area contributed by atoms with Crippen LogP contribution in [0.25, 0.3) is 0 Å². The van der Waals surface area contributed by atoms with Crippen LogP contribution >= 0.6 is 11.8 Å². The van der Waals surface area contributed by atoms with Gasteiger partial charge >= 0.3 is 0 Å². The van der Waals surface area contributed by atoms with Crippen LogP contribution in [0, 0.1) is 17.2 Å². The molecule has 1 aliphatic carbocycles. The Labute approximate surface area is 91.5 Å². The number of rotatable bonds is 4. The Morgan fingerprint density at radius 1 is 1.57 bits per heavy atom. The molecule has 0 radical (unpaired) electrons. The first-order valence-corrected chi connectivity index (χ1v) is 6.60. The number of amidine groups is 1. The minimum atomic E-state index is 0.247. The van der Waals surface area contributed by atoms with Crippen LogP contribution in [0.4, 0.5) is 0 Å². The maximum absolute atomic E-state index is 7.32. The van der Waals surface area contributed by atoms with Crippen molar-refractivity contribution in [3.8, 4) is 0 Å². The van der Waals surface area contributed by atoms with Gasteiger partial charge in [0.15, 0.2) is 0 Å². The highest BCUT2D eigenvalue weighted by Crippen LogP contribution is 2.32. The summed E-state index contributed by atoms with van der Waals surface area (Å²) in [4.78, 5) is 0. The second-order valence-electron chi connectivity index (χ2n) is 4.58. The lowest BCUT2D eigenvalue weighted by Crippen LogP contribution is -2.23. The van der Waals surface area contributed by atoms with Crippen LogP contribution in [-0.2, 0) is 0 Å². The molecule has 3 heteroatoms. The summed E-state index contributed by atoms with van der Waals surface area (Å²) in [7, 11) is 0. The van der Waals surface area contributed by atoms with E-state index in [4.69, 9.17) is 11.1 Å². The molecule has 82 valence electrons. The van der Waals surface area contributed by atoms with Gasteiger partial charge in [0.1, 0.15) is 0 Å². The van der Waals surface area contributed by atoms with E-state index in [1.54, 1.807) is 0 Å². The fourth-order valence-corrected chi connectivity index (χ4v) is 3.44. The molecule has 3 unspecified atom stereocenters. The maximum Gasteiger partial charge on any atom is 0.0942 e. The van der Waals surface area contributed by atoms with E-state index in [2.05, 4.69) is 6.92 Å². The summed E-state index contributed by atoms with van der Waals surface area (Å²) in [6, 6.07) is 0. The third-order valence-electron chi connectivity index (χ3n) is 3.00. The minimum Gasteiger partial charge on any atom is -0.387 e. The predicted octanol–water partition coefficient (Wildman–Crippen LogP) is 2.87. The number of hydrogen-bond donors (Lipinski definition) is 2. The van der Waals surface area contributed by atoms with Crippen molar-refractivity contribution in [2.75, 3.05) is 5.75 Å². The monoisotopic (exact) mass is 214 g/mol. The van der Waals surface area contributed by atoms with Crippen molar-refractivity contribution in [1.82, 2.24) is 0 Å². The standard InChI is InChI=1S/C11H22N2S/c1-8-4-3-5-10(6-8)14-7-9(2)11(12)13/h8-10H,3-7H2,1-2H3,(H3,12,13). The lowest BCUT2D eigenvalue weighted by atomic mass is 9.91. The lowest BCUT2D eigenvalue weighted by molar-refractivity contribution is 0.394. The van der Waals surface area contributed by atoms with Gasteiger partial charge in [0.05, 0.1) is 5.84 Å². The van der Waals surface area contributed by atoms with Gasteiger partial charge in [0.25, 0.3) is 0 Å². The summed E-state index contributed by atoms with van der Waals surface area (Å²) < 4.78 is 0. The normalized spacial score (nSPS) is 29.9. The molecule has 0 aromatic rings. The molecule has 1 aliphatic rings. The fraction of sp³-hybridized carbons (Fsp3) is 0.909. The molecule has 0 bridgehead atoms. The van der Waals surface area contributed by atoms with Gasteiger partial charge in [-0.15, -0.1) is 0 Å². The Morgan fingerprint density at radius 3 is 2.86 bits per heavy atom. The second-order valence-corrected chi connectivity index (χ2v) is 5.92. The molecule has 0 spiro atoms. The zero-order valence-electron chi connectivity index (χ0n) is 9.25. The predicted molar refractivity (Wildman–Crippen MR) is 65.0 cm³/mol. The zero-order chi connectivity index (χ0) is 10.6. The summed E-state index contributed by atoms with van der Waals surface area (Å²) in [5.74, 6) is 2.50. The van der Waals surface area contributed by atoms with Crippen molar-refractivity contribution in [2.45, 2.75) is 44.8 Å². The average Bonchev–Trinajstić information content (AvgIpc) is 2.14. The van der Waals surface area contributed by atoms with Gasteiger partial charge in [-0.25, -0.2) is 0 Å². The van der Waals surface area contributed by atoms with Crippen LogP contribution < -0.4 is 5.73 Å². The van der Waals surface area contributed by atoms with Gasteiger partial charge in [0, 0.05) is 16.9 Å². The molecule has 0 saturated heterocycles. The highest BCUT2D eigenvalue weighted by Gasteiger charge is 2.20. The SMILES string of the molecule is CC1CCCC(SCC(C)C(=N)N)C1. The van der Waals surface area contributed by atoms with Crippen molar-refractivity contribution < 1.29 is 0 Å². The Morgan fingerprint density at radius 2 is 2.29 bits per heavy atom. The van der Waals surface area contributed by atoms with Crippen LogP contribution in [0.1, 0.15) is 39.5 Å². The van der Waals surface area contributed by atoms with E-state index in [1.807, 2.05) is 18.7 Å². The Hall–Kier alpha value is -0.180. The molecule has 1 rings (SSSR count). The smallest absolute Gasteiger partial charge is 0.0942 e. The lowest BCUT2D eigenvalue weighted by Gasteiger charge is -2.26. The van der Waals surface area contributed by atoms with E-state index in [0.29, 0.717) is 5.84 Å². The topological polar surface area (TPSA) is 49.9 Å². The molecule has 0 aliphatic heterocycles. The van der Waals surface area contributed by atoms with Crippen molar-refractivity contribution in [3.05, 3.63) is 0 Å².